The molecular formula is C29H25ClN4O. The fourth-order valence-corrected chi connectivity index (χ4v) is 4.48. The molecule has 0 aliphatic heterocycles. The van der Waals surface area contributed by atoms with Crippen LogP contribution in [0.5, 0.6) is 0 Å². The van der Waals surface area contributed by atoms with E-state index in [1.54, 1.807) is 6.07 Å². The molecule has 0 saturated carbocycles. The normalized spacial score (nSPS) is 11.1. The number of carbonyl (C=O) groups is 1. The Hall–Kier alpha value is -3.96. The lowest BCUT2D eigenvalue weighted by molar-refractivity contribution is 0.102. The van der Waals surface area contributed by atoms with Gasteiger partial charge < -0.3 is 5.32 Å². The van der Waals surface area contributed by atoms with Crippen LogP contribution in [0.15, 0.2) is 79.0 Å². The minimum atomic E-state index is -0.199. The van der Waals surface area contributed by atoms with Crippen molar-refractivity contribution in [3.63, 3.8) is 0 Å². The number of aryl methyl sites for hydroxylation is 2. The van der Waals surface area contributed by atoms with Crippen LogP contribution in [-0.4, -0.2) is 20.7 Å². The predicted octanol–water partition coefficient (Wildman–Crippen LogP) is 7.17. The summed E-state index contributed by atoms with van der Waals surface area (Å²) < 4.78 is 1.91. The van der Waals surface area contributed by atoms with E-state index in [4.69, 9.17) is 16.6 Å². The van der Waals surface area contributed by atoms with Gasteiger partial charge in [0.05, 0.1) is 34.4 Å². The van der Waals surface area contributed by atoms with Crippen molar-refractivity contribution in [2.45, 2.75) is 27.2 Å². The third kappa shape index (κ3) is 4.43. The number of hydrogen-bond acceptors (Lipinski definition) is 3. The molecule has 35 heavy (non-hydrogen) atoms. The van der Waals surface area contributed by atoms with Gasteiger partial charge in [0.25, 0.3) is 5.91 Å². The van der Waals surface area contributed by atoms with Crippen molar-refractivity contribution in [3.05, 3.63) is 106 Å². The monoisotopic (exact) mass is 480 g/mol. The maximum atomic E-state index is 13.4. The molecule has 0 unspecified atom stereocenters. The lowest BCUT2D eigenvalue weighted by Crippen LogP contribution is -2.14. The number of nitrogens with zero attached hydrogens (tertiary/aromatic N) is 3. The zero-order chi connectivity index (χ0) is 24.5. The highest BCUT2D eigenvalue weighted by molar-refractivity contribution is 6.30. The smallest absolute Gasteiger partial charge is 0.256 e. The van der Waals surface area contributed by atoms with E-state index >= 15 is 0 Å². The summed E-state index contributed by atoms with van der Waals surface area (Å²) in [5.74, 6) is -0.199. The van der Waals surface area contributed by atoms with Gasteiger partial charge in [0.15, 0.2) is 0 Å². The highest BCUT2D eigenvalue weighted by Gasteiger charge is 2.18. The van der Waals surface area contributed by atoms with Crippen molar-refractivity contribution in [1.29, 1.82) is 0 Å². The number of halogens is 1. The third-order valence-electron chi connectivity index (χ3n) is 6.27. The topological polar surface area (TPSA) is 59.8 Å². The van der Waals surface area contributed by atoms with Crippen LogP contribution in [0.1, 0.15) is 34.1 Å². The summed E-state index contributed by atoms with van der Waals surface area (Å²) in [6, 6.07) is 23.3. The summed E-state index contributed by atoms with van der Waals surface area (Å²) in [7, 11) is 0. The molecule has 3 aromatic carbocycles. The lowest BCUT2D eigenvalue weighted by Gasteiger charge is -2.12. The molecule has 174 valence electrons. The number of rotatable bonds is 5. The molecule has 0 bridgehead atoms. The molecule has 5 nitrogen and oxygen atoms in total. The molecule has 1 N–H and O–H groups in total. The SMILES string of the molecule is CCc1ccc(-n2ncc(-c3cc(C(=O)Nc4ccc(Cl)cc4C)c4ccccc4n3)c2C)cc1. The van der Waals surface area contributed by atoms with Crippen molar-refractivity contribution >= 4 is 34.1 Å². The van der Waals surface area contributed by atoms with E-state index in [0.717, 1.165) is 45.5 Å². The predicted molar refractivity (Wildman–Crippen MR) is 143 cm³/mol. The Labute approximate surface area is 209 Å². The van der Waals surface area contributed by atoms with Crippen molar-refractivity contribution in [1.82, 2.24) is 14.8 Å². The number of pyridine rings is 1. The average molecular weight is 481 g/mol. The van der Waals surface area contributed by atoms with Gasteiger partial charge in [-0.25, -0.2) is 9.67 Å². The minimum absolute atomic E-state index is 0.199. The van der Waals surface area contributed by atoms with Gasteiger partial charge in [0.2, 0.25) is 0 Å². The zero-order valence-corrected chi connectivity index (χ0v) is 20.6. The molecule has 2 aromatic heterocycles. The number of carbonyl (C=O) groups excluding carboxylic acids is 1. The molecule has 0 saturated heterocycles. The second-order valence-electron chi connectivity index (χ2n) is 8.56. The lowest BCUT2D eigenvalue weighted by atomic mass is 10.0. The first kappa shape index (κ1) is 22.8. The Morgan fingerprint density at radius 1 is 1.00 bits per heavy atom. The molecule has 0 atom stereocenters. The van der Waals surface area contributed by atoms with E-state index in [-0.39, 0.29) is 5.91 Å². The quantitative estimate of drug-likeness (QED) is 0.290. The summed E-state index contributed by atoms with van der Waals surface area (Å²) in [4.78, 5) is 18.3. The summed E-state index contributed by atoms with van der Waals surface area (Å²) >= 11 is 6.08. The van der Waals surface area contributed by atoms with Gasteiger partial charge >= 0.3 is 0 Å². The fourth-order valence-electron chi connectivity index (χ4n) is 4.25. The number of hydrogen-bond donors (Lipinski definition) is 1. The van der Waals surface area contributed by atoms with Crippen molar-refractivity contribution in [2.75, 3.05) is 5.32 Å². The van der Waals surface area contributed by atoms with Crippen molar-refractivity contribution in [2.24, 2.45) is 0 Å². The number of fused-ring (bicyclic) bond motifs is 1. The number of anilines is 1. The first-order chi connectivity index (χ1) is 16.9. The Balaban J connectivity index is 1.57. The van der Waals surface area contributed by atoms with Crippen molar-refractivity contribution in [3.8, 4) is 16.9 Å². The number of aromatic nitrogens is 3. The second kappa shape index (κ2) is 9.35. The van der Waals surface area contributed by atoms with Crippen LogP contribution < -0.4 is 5.32 Å². The van der Waals surface area contributed by atoms with Gasteiger partial charge in [-0.15, -0.1) is 0 Å². The largest absolute Gasteiger partial charge is 0.322 e. The van der Waals surface area contributed by atoms with Crippen LogP contribution in [0.25, 0.3) is 27.8 Å². The Bertz CT molecular complexity index is 1550. The molecule has 6 heteroatoms. The second-order valence-corrected chi connectivity index (χ2v) is 9.00. The summed E-state index contributed by atoms with van der Waals surface area (Å²) in [6.45, 7) is 6.08. The molecule has 0 fully saturated rings. The maximum Gasteiger partial charge on any atom is 0.256 e. The fraction of sp³-hybridized carbons (Fsp3) is 0.138. The van der Waals surface area contributed by atoms with Crippen LogP contribution in [0.2, 0.25) is 5.02 Å². The van der Waals surface area contributed by atoms with Crippen LogP contribution in [-0.2, 0) is 6.42 Å². The molecule has 0 aliphatic rings. The minimum Gasteiger partial charge on any atom is -0.322 e. The Morgan fingerprint density at radius 2 is 1.77 bits per heavy atom. The highest BCUT2D eigenvalue weighted by Crippen LogP contribution is 2.29. The number of para-hydroxylation sites is 1. The van der Waals surface area contributed by atoms with E-state index in [1.165, 1.54) is 5.56 Å². The summed E-state index contributed by atoms with van der Waals surface area (Å²) in [5, 5.41) is 9.08. The van der Waals surface area contributed by atoms with Crippen LogP contribution in [0.4, 0.5) is 5.69 Å². The highest BCUT2D eigenvalue weighted by atomic mass is 35.5. The standard InChI is InChI=1S/C29H25ClN4O/c1-4-20-9-12-22(13-10-20)34-19(3)25(17-31-34)28-16-24(23-7-5-6-8-27(23)32-28)29(35)33-26-14-11-21(30)15-18(26)2/h5-17H,4H2,1-3H3,(H,33,35). The van der Waals surface area contributed by atoms with Gasteiger partial charge in [0, 0.05) is 21.7 Å². The van der Waals surface area contributed by atoms with Crippen LogP contribution in [0, 0.1) is 13.8 Å². The van der Waals surface area contributed by atoms with E-state index < -0.39 is 0 Å². The number of benzene rings is 3. The van der Waals surface area contributed by atoms with Gasteiger partial charge in [-0.2, -0.15) is 5.10 Å². The molecule has 0 radical (unpaired) electrons. The van der Waals surface area contributed by atoms with Gasteiger partial charge in [0.1, 0.15) is 0 Å². The summed E-state index contributed by atoms with van der Waals surface area (Å²) in [5.41, 5.74) is 7.74. The van der Waals surface area contributed by atoms with E-state index in [9.17, 15) is 4.79 Å². The molecule has 0 spiro atoms. The van der Waals surface area contributed by atoms with Gasteiger partial charge in [-0.05, 0) is 73.9 Å². The van der Waals surface area contributed by atoms with E-state index in [2.05, 4.69) is 41.6 Å². The Kier molecular flexibility index (Phi) is 6.10. The van der Waals surface area contributed by atoms with Crippen LogP contribution >= 0.6 is 11.6 Å². The van der Waals surface area contributed by atoms with E-state index in [1.807, 2.05) is 67.2 Å². The Morgan fingerprint density at radius 3 is 2.51 bits per heavy atom. The van der Waals surface area contributed by atoms with E-state index in [0.29, 0.717) is 16.3 Å². The maximum absolute atomic E-state index is 13.4. The molecule has 5 aromatic rings. The molecule has 0 aliphatic carbocycles. The third-order valence-corrected chi connectivity index (χ3v) is 6.51. The first-order valence-corrected chi connectivity index (χ1v) is 11.9. The molecular weight excluding hydrogens is 456 g/mol. The number of nitrogens with one attached hydrogen (secondary N) is 1. The first-order valence-electron chi connectivity index (χ1n) is 11.6. The zero-order valence-electron chi connectivity index (χ0n) is 19.8. The van der Waals surface area contributed by atoms with Crippen LogP contribution in [0.3, 0.4) is 0 Å². The van der Waals surface area contributed by atoms with Crippen molar-refractivity contribution < 1.29 is 4.79 Å². The van der Waals surface area contributed by atoms with Gasteiger partial charge in [-0.3, -0.25) is 4.79 Å². The van der Waals surface area contributed by atoms with Gasteiger partial charge in [-0.1, -0.05) is 48.9 Å². The molecule has 5 rings (SSSR count). The number of amides is 1. The average Bonchev–Trinajstić information content (AvgIpc) is 3.26. The summed E-state index contributed by atoms with van der Waals surface area (Å²) in [6.07, 6.45) is 2.80. The molecule has 1 amide bonds. The molecule has 2 heterocycles.